The molecular weight excluding hydrogens is 611 g/mol. The van der Waals surface area contributed by atoms with Crippen LogP contribution < -0.4 is 76.8 Å². The van der Waals surface area contributed by atoms with Gasteiger partial charge in [-0.05, 0) is 30.3 Å². The number of aliphatic carboxylic acids is 1. The van der Waals surface area contributed by atoms with Crippen molar-refractivity contribution in [3.8, 4) is 11.5 Å². The Bertz CT molecular complexity index is 965. The van der Waals surface area contributed by atoms with Gasteiger partial charge in [0.05, 0.1) is 22.2 Å². The maximum Gasteiger partial charge on any atom is 1.00 e. The fourth-order valence-corrected chi connectivity index (χ4v) is 2.59. The summed E-state index contributed by atoms with van der Waals surface area (Å²) in [6.07, 6.45) is 0. The van der Waals surface area contributed by atoms with Crippen molar-refractivity contribution in [1.29, 1.82) is 0 Å². The van der Waals surface area contributed by atoms with Gasteiger partial charge >= 0.3 is 103 Å². The van der Waals surface area contributed by atoms with E-state index >= 15 is 0 Å². The Balaban J connectivity index is -0.000000433. The molecule has 0 aliphatic carbocycles. The van der Waals surface area contributed by atoms with Crippen molar-refractivity contribution in [2.24, 2.45) is 0 Å². The van der Waals surface area contributed by atoms with E-state index in [4.69, 9.17) is 78.0 Å². The van der Waals surface area contributed by atoms with Crippen LogP contribution in [0.1, 0.15) is 10.4 Å². The molecule has 2 N–H and O–H groups in total. The number of methoxy groups -OCH3 is 1. The molecule has 16 heteroatoms. The minimum absolute atomic E-state index is 0. The Hall–Kier alpha value is 0.418. The van der Waals surface area contributed by atoms with Gasteiger partial charge in [0.2, 0.25) is 0 Å². The van der Waals surface area contributed by atoms with E-state index in [-0.39, 0.29) is 80.5 Å². The van der Waals surface area contributed by atoms with Gasteiger partial charge in [-0.25, -0.2) is 9.59 Å². The normalized spacial score (nSPS) is 9.45. The molecule has 0 aliphatic heterocycles. The second-order valence-electron chi connectivity index (χ2n) is 5.27. The zero-order valence-electron chi connectivity index (χ0n) is 17.8. The summed E-state index contributed by atoms with van der Waals surface area (Å²) in [4.78, 5) is 20.9. The largest absolute Gasteiger partial charge is 1.00 e. The molecule has 0 radical (unpaired) electrons. The molecule has 0 atom stereocenters. The summed E-state index contributed by atoms with van der Waals surface area (Å²) in [5, 5.41) is 18.2. The van der Waals surface area contributed by atoms with Gasteiger partial charge in [0.1, 0.15) is 11.3 Å². The molecule has 0 saturated heterocycles. The van der Waals surface area contributed by atoms with Crippen LogP contribution in [0.4, 0.5) is 0 Å². The average Bonchev–Trinajstić information content (AvgIpc) is 2.61. The Morgan fingerprint density at radius 1 is 0.970 bits per heavy atom. The van der Waals surface area contributed by atoms with Gasteiger partial charge in [-0.3, -0.25) is 0 Å². The van der Waals surface area contributed by atoms with Crippen LogP contribution in [0.5, 0.6) is 11.5 Å². The van der Waals surface area contributed by atoms with Crippen molar-refractivity contribution in [2.75, 3.05) is 13.7 Å². The second kappa shape index (κ2) is 18.7. The first-order valence-corrected chi connectivity index (χ1v) is 13.4. The third kappa shape index (κ3) is 17.5. The van der Waals surface area contributed by atoms with Crippen molar-refractivity contribution in [1.82, 2.24) is 0 Å². The van der Waals surface area contributed by atoms with Gasteiger partial charge in [0.15, 0.2) is 12.4 Å². The van der Waals surface area contributed by atoms with Gasteiger partial charge < -0.3 is 19.7 Å². The number of carbonyl (C=O) groups is 2. The second-order valence-corrected chi connectivity index (χ2v) is 10.2. The molecule has 0 spiro atoms. The summed E-state index contributed by atoms with van der Waals surface area (Å²) in [7, 11) is 1.34. The summed E-state index contributed by atoms with van der Waals surface area (Å²) in [6.45, 7) is -0.415. The Kier molecular flexibility index (Phi) is 21.5. The molecular formula is C17H15AsCl4Na2O9. The van der Waals surface area contributed by atoms with E-state index in [9.17, 15) is 9.59 Å². The summed E-state index contributed by atoms with van der Waals surface area (Å²) in [5.41, 5.74) is 0.579. The summed E-state index contributed by atoms with van der Waals surface area (Å²) >= 11 is 18.1. The fourth-order valence-electron chi connectivity index (χ4n) is 1.66. The average molecular weight is 626 g/mol. The van der Waals surface area contributed by atoms with E-state index in [0.29, 0.717) is 21.5 Å². The molecule has 0 amide bonds. The molecule has 33 heavy (non-hydrogen) atoms. The SMILES string of the molecule is COc1c(Cl)ccc(Cl)c1C(=O)O.C[As](=O)([O-])[O-].O=C(O)COc1ccc(Cl)cc1Cl.[Na+].[Na+]. The van der Waals surface area contributed by atoms with Crippen LogP contribution in [-0.4, -0.2) is 50.0 Å². The quantitative estimate of drug-likeness (QED) is 0.328. The van der Waals surface area contributed by atoms with Crippen LogP contribution in [0.2, 0.25) is 25.8 Å². The van der Waals surface area contributed by atoms with Gasteiger partial charge in [0.25, 0.3) is 0 Å². The Morgan fingerprint density at radius 3 is 1.82 bits per heavy atom. The van der Waals surface area contributed by atoms with E-state index in [2.05, 4.69) is 0 Å². The predicted molar refractivity (Wildman–Crippen MR) is 112 cm³/mol. The Labute approximate surface area is 256 Å². The van der Waals surface area contributed by atoms with Gasteiger partial charge in [-0.1, -0.05) is 46.4 Å². The number of carboxylic acid groups (broad SMARTS) is 2. The van der Waals surface area contributed by atoms with Gasteiger partial charge in [-0.2, -0.15) is 0 Å². The Morgan fingerprint density at radius 2 is 1.45 bits per heavy atom. The van der Waals surface area contributed by atoms with E-state index in [1.807, 2.05) is 0 Å². The number of carboxylic acids is 2. The number of hydrogen-bond acceptors (Lipinski definition) is 7. The standard InChI is InChI=1S/2C8H6Cl2O3.CH5AsO3.2Na/c1-13-7-5(10)3-2-4(9)6(7)8(11)12;9-5-1-2-7(6(10)3-5)13-4-8(11)12;1-2(3,4)5;;/h2-3H,1H3,(H,11,12);1-3H,4H2,(H,11,12);1H3,(H2,3,4,5);;/q;;;2*+1/p-2. The topological polar surface area (TPSA) is 156 Å². The molecule has 0 unspecified atom stereocenters. The molecule has 0 heterocycles. The van der Waals surface area contributed by atoms with Gasteiger partial charge in [-0.15, -0.1) is 0 Å². The third-order valence-electron chi connectivity index (χ3n) is 2.72. The van der Waals surface area contributed by atoms with E-state index < -0.39 is 32.7 Å². The summed E-state index contributed by atoms with van der Waals surface area (Å²) in [6, 6.07) is 7.48. The first kappa shape index (κ1) is 38.0. The maximum absolute atomic E-state index is 10.7. The van der Waals surface area contributed by atoms with Crippen LogP contribution in [0, 0.1) is 0 Å². The van der Waals surface area contributed by atoms with Crippen LogP contribution in [-0.2, 0) is 8.53 Å². The molecule has 9 nitrogen and oxygen atoms in total. The van der Waals surface area contributed by atoms with Crippen molar-refractivity contribution in [3.63, 3.8) is 0 Å². The van der Waals surface area contributed by atoms with E-state index in [1.54, 1.807) is 6.07 Å². The minimum atomic E-state index is -4.62. The number of hydrogen-bond donors (Lipinski definition) is 2. The molecule has 172 valence electrons. The van der Waals surface area contributed by atoms with E-state index in [0.717, 1.165) is 0 Å². The molecule has 2 rings (SSSR count). The fraction of sp³-hybridized carbons (Fsp3) is 0.176. The third-order valence-corrected chi connectivity index (χ3v) is 3.86. The van der Waals surface area contributed by atoms with Crippen LogP contribution in [0.25, 0.3) is 0 Å². The zero-order chi connectivity index (χ0) is 24.4. The molecule has 2 aromatic rings. The minimum Gasteiger partial charge on any atom is -0.480 e. The van der Waals surface area contributed by atoms with Crippen LogP contribution >= 0.6 is 46.4 Å². The number of benzene rings is 2. The van der Waals surface area contributed by atoms with Crippen molar-refractivity contribution >= 4 is 72.5 Å². The van der Waals surface area contributed by atoms with Crippen molar-refractivity contribution in [2.45, 2.75) is 5.71 Å². The molecule has 2 aromatic carbocycles. The van der Waals surface area contributed by atoms with Crippen molar-refractivity contribution < 1.29 is 100 Å². The molecule has 0 saturated carbocycles. The monoisotopic (exact) mass is 624 g/mol. The molecule has 0 aromatic heterocycles. The smallest absolute Gasteiger partial charge is 0.480 e. The molecule has 0 fully saturated rings. The maximum atomic E-state index is 10.7. The zero-order valence-corrected chi connectivity index (χ0v) is 26.7. The number of rotatable bonds is 5. The first-order valence-electron chi connectivity index (χ1n) is 7.71. The number of ether oxygens (including phenoxy) is 2. The molecule has 0 bridgehead atoms. The van der Waals surface area contributed by atoms with Crippen molar-refractivity contribution in [3.05, 3.63) is 56.0 Å². The first-order chi connectivity index (χ1) is 14.2. The molecule has 0 aliphatic rings. The number of aromatic carboxylic acids is 1. The summed E-state index contributed by atoms with van der Waals surface area (Å²) in [5.74, 6) is -1.81. The predicted octanol–water partition coefficient (Wildman–Crippen LogP) is -3.13. The van der Waals surface area contributed by atoms with E-state index in [1.165, 1.54) is 31.4 Å². The van der Waals surface area contributed by atoms with Crippen LogP contribution in [0.15, 0.2) is 30.3 Å². The summed E-state index contributed by atoms with van der Waals surface area (Å²) < 4.78 is 37.2. The number of halogens is 4. The van der Waals surface area contributed by atoms with Gasteiger partial charge in [0, 0.05) is 5.02 Å². The van der Waals surface area contributed by atoms with Crippen LogP contribution in [0.3, 0.4) is 0 Å².